The molecule has 158 valence electrons. The predicted molar refractivity (Wildman–Crippen MR) is 113 cm³/mol. The van der Waals surface area contributed by atoms with Crippen molar-refractivity contribution >= 4 is 33.2 Å². The van der Waals surface area contributed by atoms with E-state index in [1.807, 2.05) is 0 Å². The molecule has 0 radical (unpaired) electrons. The molecule has 2 fully saturated rings. The van der Waals surface area contributed by atoms with Crippen LogP contribution in [0.4, 0.5) is 0 Å². The van der Waals surface area contributed by atoms with Crippen LogP contribution in [-0.2, 0) is 16.4 Å². The number of nitrogens with zero attached hydrogens (tertiary/aromatic N) is 3. The number of sulfonamides is 1. The van der Waals surface area contributed by atoms with Crippen LogP contribution in [0.1, 0.15) is 38.4 Å². The van der Waals surface area contributed by atoms with Gasteiger partial charge < -0.3 is 4.90 Å². The van der Waals surface area contributed by atoms with Gasteiger partial charge >= 0.3 is 0 Å². The molecule has 3 aliphatic rings. The topological polar surface area (TPSA) is 78.0 Å². The van der Waals surface area contributed by atoms with Crippen LogP contribution in [0.3, 0.4) is 0 Å². The number of carbonyl (C=O) groups excluding carboxylic acids is 2. The monoisotopic (exact) mass is 445 g/mol. The second-order valence-corrected chi connectivity index (χ2v) is 10.8. The van der Waals surface area contributed by atoms with Crippen LogP contribution in [0.5, 0.6) is 0 Å². The summed E-state index contributed by atoms with van der Waals surface area (Å²) < 4.78 is 26.6. The first-order chi connectivity index (χ1) is 14.4. The van der Waals surface area contributed by atoms with E-state index >= 15 is 0 Å². The van der Waals surface area contributed by atoms with Gasteiger partial charge in [0.15, 0.2) is 0 Å². The maximum atomic E-state index is 13.0. The van der Waals surface area contributed by atoms with Crippen molar-refractivity contribution < 1.29 is 18.0 Å². The minimum atomic E-state index is -3.85. The highest BCUT2D eigenvalue weighted by atomic mass is 32.2. The van der Waals surface area contributed by atoms with Crippen molar-refractivity contribution in [2.75, 3.05) is 32.7 Å². The molecule has 0 spiro atoms. The summed E-state index contributed by atoms with van der Waals surface area (Å²) in [6.45, 7) is 3.79. The Morgan fingerprint density at radius 3 is 2.53 bits per heavy atom. The minimum absolute atomic E-state index is 0.0279. The van der Waals surface area contributed by atoms with Gasteiger partial charge in [0.1, 0.15) is 4.90 Å². The Kier molecular flexibility index (Phi) is 4.91. The molecule has 5 rings (SSSR count). The highest BCUT2D eigenvalue weighted by Gasteiger charge is 2.48. The molecular weight excluding hydrogens is 422 g/mol. The standard InChI is InChI=1S/C21H23N3O4S2/c25-20(23-11-9-22(10-12-23)8-7-17-2-1-13-29-17)15-3-6-18-19(14-15)30(27,28)24(21(18)26)16-4-5-16/h1-3,6,13-14,16H,4-5,7-12H2. The first-order valence-electron chi connectivity index (χ1n) is 10.2. The molecule has 0 atom stereocenters. The zero-order valence-corrected chi connectivity index (χ0v) is 18.1. The highest BCUT2D eigenvalue weighted by Crippen LogP contribution is 2.39. The van der Waals surface area contributed by atoms with Crippen molar-refractivity contribution in [1.29, 1.82) is 0 Å². The Bertz CT molecular complexity index is 1090. The fourth-order valence-electron chi connectivity index (χ4n) is 4.13. The maximum absolute atomic E-state index is 13.0. The van der Waals surface area contributed by atoms with Crippen molar-refractivity contribution in [3.05, 3.63) is 51.7 Å². The highest BCUT2D eigenvalue weighted by molar-refractivity contribution is 7.90. The number of benzene rings is 1. The zero-order chi connectivity index (χ0) is 20.9. The number of hydrogen-bond donors (Lipinski definition) is 0. The second-order valence-electron chi connectivity index (χ2n) is 8.01. The largest absolute Gasteiger partial charge is 0.336 e. The lowest BCUT2D eigenvalue weighted by Gasteiger charge is -2.34. The van der Waals surface area contributed by atoms with E-state index in [0.29, 0.717) is 31.5 Å². The number of thiophene rings is 1. The lowest BCUT2D eigenvalue weighted by Crippen LogP contribution is -2.49. The Labute approximate surface area is 179 Å². The van der Waals surface area contributed by atoms with Gasteiger partial charge in [0.2, 0.25) is 0 Å². The molecule has 7 nitrogen and oxygen atoms in total. The first kappa shape index (κ1) is 19.7. The molecule has 1 aliphatic carbocycles. The first-order valence-corrected chi connectivity index (χ1v) is 12.5. The van der Waals surface area contributed by atoms with Crippen LogP contribution in [0.2, 0.25) is 0 Å². The fourth-order valence-corrected chi connectivity index (χ4v) is 6.67. The van der Waals surface area contributed by atoms with E-state index in [9.17, 15) is 18.0 Å². The molecule has 1 saturated heterocycles. The average molecular weight is 446 g/mol. The summed E-state index contributed by atoms with van der Waals surface area (Å²) >= 11 is 1.76. The summed E-state index contributed by atoms with van der Waals surface area (Å²) in [6.07, 6.45) is 2.43. The van der Waals surface area contributed by atoms with Gasteiger partial charge in [-0.3, -0.25) is 14.5 Å². The molecule has 2 amide bonds. The van der Waals surface area contributed by atoms with Crippen LogP contribution < -0.4 is 0 Å². The van der Waals surface area contributed by atoms with E-state index in [4.69, 9.17) is 0 Å². The van der Waals surface area contributed by atoms with Crippen molar-refractivity contribution in [3.63, 3.8) is 0 Å². The van der Waals surface area contributed by atoms with Crippen molar-refractivity contribution in [2.24, 2.45) is 0 Å². The van der Waals surface area contributed by atoms with E-state index in [1.54, 1.807) is 22.3 Å². The van der Waals surface area contributed by atoms with Gasteiger partial charge in [0, 0.05) is 49.2 Å². The summed E-state index contributed by atoms with van der Waals surface area (Å²) in [5.41, 5.74) is 0.506. The van der Waals surface area contributed by atoms with Gasteiger partial charge in [-0.25, -0.2) is 12.7 Å². The fraction of sp³-hybridized carbons (Fsp3) is 0.429. The third-order valence-corrected chi connectivity index (χ3v) is 8.80. The van der Waals surface area contributed by atoms with E-state index < -0.39 is 15.9 Å². The number of carbonyl (C=O) groups is 2. The Morgan fingerprint density at radius 1 is 1.10 bits per heavy atom. The molecule has 30 heavy (non-hydrogen) atoms. The summed E-state index contributed by atoms with van der Waals surface area (Å²) in [5, 5.41) is 2.08. The van der Waals surface area contributed by atoms with Crippen LogP contribution in [0.15, 0.2) is 40.6 Å². The van der Waals surface area contributed by atoms with Crippen molar-refractivity contribution in [1.82, 2.24) is 14.1 Å². The summed E-state index contributed by atoms with van der Waals surface area (Å²) in [7, 11) is -3.85. The van der Waals surface area contributed by atoms with Crippen LogP contribution in [0, 0.1) is 0 Å². The molecule has 3 heterocycles. The van der Waals surface area contributed by atoms with Crippen LogP contribution >= 0.6 is 11.3 Å². The van der Waals surface area contributed by atoms with Crippen LogP contribution in [-0.4, -0.2) is 73.1 Å². The van der Waals surface area contributed by atoms with Gasteiger partial charge in [-0.15, -0.1) is 11.3 Å². The molecule has 2 aliphatic heterocycles. The lowest BCUT2D eigenvalue weighted by molar-refractivity contribution is 0.0638. The van der Waals surface area contributed by atoms with Gasteiger partial charge in [0.25, 0.3) is 21.8 Å². The van der Waals surface area contributed by atoms with E-state index in [2.05, 4.69) is 22.4 Å². The smallest absolute Gasteiger partial charge is 0.269 e. The number of piperazine rings is 1. The number of fused-ring (bicyclic) bond motifs is 1. The van der Waals surface area contributed by atoms with Gasteiger partial charge in [0.05, 0.1) is 5.56 Å². The SMILES string of the molecule is O=C(c1ccc2c(c1)S(=O)(=O)N(C1CC1)C2=O)N1CCN(CCc2cccs2)CC1. The second kappa shape index (κ2) is 7.47. The molecule has 0 N–H and O–H groups in total. The Morgan fingerprint density at radius 2 is 1.87 bits per heavy atom. The third kappa shape index (κ3) is 3.44. The predicted octanol–water partition coefficient (Wildman–Crippen LogP) is 2.06. The molecule has 1 saturated carbocycles. The number of rotatable bonds is 5. The Balaban J connectivity index is 1.26. The normalized spacial score (nSPS) is 21.1. The summed E-state index contributed by atoms with van der Waals surface area (Å²) in [4.78, 5) is 30.9. The lowest BCUT2D eigenvalue weighted by atomic mass is 10.1. The molecular formula is C21H23N3O4S2. The van der Waals surface area contributed by atoms with Crippen molar-refractivity contribution in [3.8, 4) is 0 Å². The molecule has 0 unspecified atom stereocenters. The van der Waals surface area contributed by atoms with Gasteiger partial charge in [-0.2, -0.15) is 0 Å². The van der Waals surface area contributed by atoms with Gasteiger partial charge in [-0.05, 0) is 48.9 Å². The molecule has 2 aromatic rings. The third-order valence-electron chi connectivity index (χ3n) is 5.99. The molecule has 1 aromatic carbocycles. The number of hydrogen-bond acceptors (Lipinski definition) is 6. The minimum Gasteiger partial charge on any atom is -0.336 e. The quantitative estimate of drug-likeness (QED) is 0.704. The average Bonchev–Trinajstić information content (AvgIpc) is 3.38. The summed E-state index contributed by atoms with van der Waals surface area (Å²) in [6, 6.07) is 8.43. The van der Waals surface area contributed by atoms with E-state index in [1.165, 1.54) is 17.0 Å². The van der Waals surface area contributed by atoms with E-state index in [0.717, 1.165) is 30.4 Å². The maximum Gasteiger partial charge on any atom is 0.269 e. The molecule has 9 heteroatoms. The summed E-state index contributed by atoms with van der Waals surface area (Å²) in [5.74, 6) is -0.644. The van der Waals surface area contributed by atoms with Crippen molar-refractivity contribution in [2.45, 2.75) is 30.2 Å². The number of amides is 2. The zero-order valence-electron chi connectivity index (χ0n) is 16.5. The Hall–Kier alpha value is -2.23. The van der Waals surface area contributed by atoms with Gasteiger partial charge in [-0.1, -0.05) is 6.07 Å². The van der Waals surface area contributed by atoms with E-state index in [-0.39, 0.29) is 22.4 Å². The molecule has 1 aromatic heterocycles. The molecule has 0 bridgehead atoms. The van der Waals surface area contributed by atoms with Crippen LogP contribution in [0.25, 0.3) is 0 Å².